The highest BCUT2D eigenvalue weighted by Gasteiger charge is 2.33. The van der Waals surface area contributed by atoms with Gasteiger partial charge in [-0.05, 0) is 86.6 Å². The Hall–Kier alpha value is -2.78. The van der Waals surface area contributed by atoms with Crippen LogP contribution in [-0.2, 0) is 6.42 Å². The lowest BCUT2D eigenvalue weighted by molar-refractivity contribution is 0.248. The van der Waals surface area contributed by atoms with E-state index in [-0.39, 0.29) is 11.8 Å². The zero-order valence-corrected chi connectivity index (χ0v) is 23.7. The minimum Gasteiger partial charge on any atom is -0.508 e. The van der Waals surface area contributed by atoms with Crippen LogP contribution in [0.25, 0.3) is 0 Å². The number of aryl methyl sites for hydroxylation is 1. The molecule has 3 heteroatoms. The molecule has 5 rings (SSSR count). The van der Waals surface area contributed by atoms with Gasteiger partial charge in [-0.2, -0.15) is 0 Å². The smallest absolute Gasteiger partial charge is 0.123 e. The van der Waals surface area contributed by atoms with Crippen LogP contribution in [0.5, 0.6) is 11.5 Å². The maximum Gasteiger partial charge on any atom is 0.123 e. The molecule has 1 saturated heterocycles. The minimum atomic E-state index is 0.164. The number of ether oxygens (including phenoxy) is 1. The van der Waals surface area contributed by atoms with Crippen molar-refractivity contribution in [3.05, 3.63) is 95.1 Å². The number of rotatable bonds is 14. The molecule has 3 aromatic rings. The quantitative estimate of drug-likeness (QED) is 0.213. The largest absolute Gasteiger partial charge is 0.508 e. The molecule has 0 amide bonds. The molecular formula is C36H47NO2. The monoisotopic (exact) mass is 525 g/mol. The van der Waals surface area contributed by atoms with Crippen molar-refractivity contribution in [2.24, 2.45) is 0 Å². The van der Waals surface area contributed by atoms with Crippen LogP contribution in [0.4, 0.5) is 0 Å². The number of phenols is 1. The minimum absolute atomic E-state index is 0.164. The number of benzene rings is 3. The molecule has 2 heterocycles. The first-order chi connectivity index (χ1) is 19.3. The van der Waals surface area contributed by atoms with Gasteiger partial charge in [0.2, 0.25) is 0 Å². The summed E-state index contributed by atoms with van der Waals surface area (Å²) < 4.78 is 6.14. The Kier molecular flexibility index (Phi) is 10.4. The molecule has 0 bridgehead atoms. The average Bonchev–Trinajstić information content (AvgIpc) is 3.50. The summed E-state index contributed by atoms with van der Waals surface area (Å²) in [6.45, 7) is 4.66. The SMILES string of the molecule is Oc1ccc2c(c1)[C@@H](c1ccc(CCCCCCCCCCCN3CCCC3)cc1)[C@@H](c1ccccc1)CO2. The highest BCUT2D eigenvalue weighted by Crippen LogP contribution is 2.47. The standard InChI is InChI=1S/C36H47NO2/c38-32-22-23-35-33(27-32)36(34(28-39-35)30-16-10-8-11-17-30)31-20-18-29(19-21-31)15-9-6-4-2-1-3-5-7-12-24-37-25-13-14-26-37/h8,10-11,16-23,27,34,36,38H,1-7,9,12-15,24-26,28H2/t34-,36-/m1/s1. The maximum absolute atomic E-state index is 10.3. The Bertz CT molecular complexity index is 1120. The van der Waals surface area contributed by atoms with Crippen molar-refractivity contribution in [2.75, 3.05) is 26.2 Å². The van der Waals surface area contributed by atoms with Crippen molar-refractivity contribution in [1.29, 1.82) is 0 Å². The summed E-state index contributed by atoms with van der Waals surface area (Å²) in [5.74, 6) is 1.57. The summed E-state index contributed by atoms with van der Waals surface area (Å²) in [6, 6.07) is 25.4. The van der Waals surface area contributed by atoms with Crippen LogP contribution in [0.2, 0.25) is 0 Å². The van der Waals surface area contributed by atoms with E-state index in [1.165, 1.54) is 107 Å². The van der Waals surface area contributed by atoms with Crippen LogP contribution >= 0.6 is 0 Å². The average molecular weight is 526 g/mol. The molecule has 1 N–H and O–H groups in total. The lowest BCUT2D eigenvalue weighted by Crippen LogP contribution is -2.25. The lowest BCUT2D eigenvalue weighted by Gasteiger charge is -2.34. The Morgan fingerprint density at radius 2 is 1.36 bits per heavy atom. The van der Waals surface area contributed by atoms with E-state index in [2.05, 4.69) is 59.5 Å². The molecule has 2 aliphatic heterocycles. The highest BCUT2D eigenvalue weighted by atomic mass is 16.5. The van der Waals surface area contributed by atoms with Crippen LogP contribution < -0.4 is 4.74 Å². The molecule has 2 aliphatic rings. The predicted octanol–water partition coefficient (Wildman–Crippen LogP) is 8.85. The van der Waals surface area contributed by atoms with Crippen molar-refractivity contribution in [3.63, 3.8) is 0 Å². The zero-order chi connectivity index (χ0) is 26.7. The highest BCUT2D eigenvalue weighted by molar-refractivity contribution is 5.50. The van der Waals surface area contributed by atoms with Crippen LogP contribution in [0.3, 0.4) is 0 Å². The van der Waals surface area contributed by atoms with Gasteiger partial charge in [0.25, 0.3) is 0 Å². The molecule has 0 spiro atoms. The van der Waals surface area contributed by atoms with Gasteiger partial charge in [-0.25, -0.2) is 0 Å². The Morgan fingerprint density at radius 3 is 2.08 bits per heavy atom. The number of nitrogens with zero attached hydrogens (tertiary/aromatic N) is 1. The number of phenolic OH excluding ortho intramolecular Hbond substituents is 1. The fourth-order valence-corrected chi connectivity index (χ4v) is 6.60. The van der Waals surface area contributed by atoms with E-state index in [0.717, 1.165) is 17.7 Å². The number of hydrogen-bond acceptors (Lipinski definition) is 3. The summed E-state index contributed by atoms with van der Waals surface area (Å²) in [7, 11) is 0. The van der Waals surface area contributed by atoms with Gasteiger partial charge in [0.05, 0.1) is 6.61 Å². The summed E-state index contributed by atoms with van der Waals surface area (Å²) >= 11 is 0. The molecule has 2 atom stereocenters. The second-order valence-electron chi connectivity index (χ2n) is 11.8. The van der Waals surface area contributed by atoms with E-state index in [1.54, 1.807) is 6.07 Å². The number of hydrogen-bond donors (Lipinski definition) is 1. The number of fused-ring (bicyclic) bond motifs is 1. The third-order valence-electron chi connectivity index (χ3n) is 8.85. The van der Waals surface area contributed by atoms with Crippen molar-refractivity contribution in [3.8, 4) is 11.5 Å². The van der Waals surface area contributed by atoms with Crippen molar-refractivity contribution >= 4 is 0 Å². The normalized spacial score (nSPS) is 19.1. The van der Waals surface area contributed by atoms with E-state index in [1.807, 2.05) is 12.1 Å². The molecule has 0 aliphatic carbocycles. The lowest BCUT2D eigenvalue weighted by atomic mass is 9.75. The maximum atomic E-state index is 10.3. The summed E-state index contributed by atoms with van der Waals surface area (Å²) in [5, 5.41) is 10.3. The van der Waals surface area contributed by atoms with Gasteiger partial charge in [-0.1, -0.05) is 99.5 Å². The molecule has 3 aromatic carbocycles. The summed E-state index contributed by atoms with van der Waals surface area (Å²) in [6.07, 6.45) is 16.4. The summed E-state index contributed by atoms with van der Waals surface area (Å²) in [5.41, 5.74) is 5.08. The van der Waals surface area contributed by atoms with Gasteiger partial charge in [0.1, 0.15) is 11.5 Å². The molecule has 0 unspecified atom stereocenters. The fourth-order valence-electron chi connectivity index (χ4n) is 6.60. The number of unbranched alkanes of at least 4 members (excludes halogenated alkanes) is 8. The molecule has 39 heavy (non-hydrogen) atoms. The van der Waals surface area contributed by atoms with Gasteiger partial charge in [0, 0.05) is 17.4 Å². The molecule has 0 aromatic heterocycles. The van der Waals surface area contributed by atoms with Crippen LogP contribution in [0, 0.1) is 0 Å². The third kappa shape index (κ3) is 7.88. The van der Waals surface area contributed by atoms with Gasteiger partial charge in [0.15, 0.2) is 0 Å². The number of aromatic hydroxyl groups is 1. The van der Waals surface area contributed by atoms with E-state index < -0.39 is 0 Å². The fraction of sp³-hybridized carbons (Fsp3) is 0.500. The summed E-state index contributed by atoms with van der Waals surface area (Å²) in [4.78, 5) is 2.64. The Balaban J connectivity index is 1.06. The van der Waals surface area contributed by atoms with E-state index in [4.69, 9.17) is 4.74 Å². The van der Waals surface area contributed by atoms with Crippen molar-refractivity contribution in [2.45, 2.75) is 88.9 Å². The molecule has 0 saturated carbocycles. The van der Waals surface area contributed by atoms with Gasteiger partial charge >= 0.3 is 0 Å². The van der Waals surface area contributed by atoms with E-state index >= 15 is 0 Å². The molecule has 3 nitrogen and oxygen atoms in total. The second-order valence-corrected chi connectivity index (χ2v) is 11.8. The van der Waals surface area contributed by atoms with E-state index in [0.29, 0.717) is 12.4 Å². The molecule has 0 radical (unpaired) electrons. The topological polar surface area (TPSA) is 32.7 Å². The van der Waals surface area contributed by atoms with Crippen molar-refractivity contribution < 1.29 is 9.84 Å². The van der Waals surface area contributed by atoms with Gasteiger partial charge < -0.3 is 14.7 Å². The first-order valence-corrected chi connectivity index (χ1v) is 15.6. The van der Waals surface area contributed by atoms with Crippen LogP contribution in [0.1, 0.15) is 105 Å². The molecular weight excluding hydrogens is 478 g/mol. The van der Waals surface area contributed by atoms with Crippen LogP contribution in [0.15, 0.2) is 72.8 Å². The second kappa shape index (κ2) is 14.6. The predicted molar refractivity (Wildman–Crippen MR) is 162 cm³/mol. The molecule has 1 fully saturated rings. The van der Waals surface area contributed by atoms with Gasteiger partial charge in [-0.3, -0.25) is 0 Å². The first kappa shape index (κ1) is 27.8. The van der Waals surface area contributed by atoms with Gasteiger partial charge in [-0.15, -0.1) is 0 Å². The van der Waals surface area contributed by atoms with E-state index in [9.17, 15) is 5.11 Å². The molecule has 208 valence electrons. The third-order valence-corrected chi connectivity index (χ3v) is 8.85. The number of likely N-dealkylation sites (tertiary alicyclic amines) is 1. The van der Waals surface area contributed by atoms with Crippen molar-refractivity contribution in [1.82, 2.24) is 4.90 Å². The first-order valence-electron chi connectivity index (χ1n) is 15.6. The Morgan fingerprint density at radius 1 is 0.692 bits per heavy atom. The van der Waals surface area contributed by atoms with Crippen LogP contribution in [-0.4, -0.2) is 36.2 Å². The Labute approximate surface area is 236 Å². The zero-order valence-electron chi connectivity index (χ0n) is 23.7.